The summed E-state index contributed by atoms with van der Waals surface area (Å²) in [6.07, 6.45) is 1.77. The number of amides is 1. The van der Waals surface area contributed by atoms with Crippen LogP contribution in [0.2, 0.25) is 5.02 Å². The van der Waals surface area contributed by atoms with Crippen molar-refractivity contribution in [2.45, 2.75) is 45.6 Å². The summed E-state index contributed by atoms with van der Waals surface area (Å²) >= 11 is 5.95. The lowest BCUT2D eigenvalue weighted by Crippen LogP contribution is -2.36. The summed E-state index contributed by atoms with van der Waals surface area (Å²) in [5, 5.41) is 4.66. The van der Waals surface area contributed by atoms with Crippen LogP contribution in [0.5, 0.6) is 0 Å². The van der Waals surface area contributed by atoms with Crippen LogP contribution < -0.4 is 0 Å². The third-order valence-corrected chi connectivity index (χ3v) is 4.49. The van der Waals surface area contributed by atoms with Crippen LogP contribution >= 0.6 is 11.6 Å². The van der Waals surface area contributed by atoms with Crippen LogP contribution in [0.1, 0.15) is 49.9 Å². The number of aromatic nitrogens is 2. The maximum Gasteiger partial charge on any atom is 0.226 e. The van der Waals surface area contributed by atoms with Gasteiger partial charge >= 0.3 is 0 Å². The highest BCUT2D eigenvalue weighted by atomic mass is 35.5. The van der Waals surface area contributed by atoms with Crippen LogP contribution in [0.4, 0.5) is 0 Å². The molecule has 0 aliphatic carbocycles. The van der Waals surface area contributed by atoms with E-state index in [9.17, 15) is 4.79 Å². The number of rotatable bonds is 10. The van der Waals surface area contributed by atoms with Gasteiger partial charge in [0.05, 0.1) is 0 Å². The van der Waals surface area contributed by atoms with E-state index < -0.39 is 0 Å². The zero-order valence-electron chi connectivity index (χ0n) is 16.6. The second-order valence-corrected chi connectivity index (χ2v) is 7.74. The average molecular weight is 393 g/mol. The largest absolute Gasteiger partial charge is 0.339 e. The molecular formula is C20H29ClN4O2. The quantitative estimate of drug-likeness (QED) is 0.616. The Hall–Kier alpha value is -1.92. The second kappa shape index (κ2) is 10.4. The highest BCUT2D eigenvalue weighted by Crippen LogP contribution is 2.14. The van der Waals surface area contributed by atoms with Crippen LogP contribution in [0, 0.1) is 0 Å². The molecule has 0 N–H and O–H groups in total. The van der Waals surface area contributed by atoms with Gasteiger partial charge < -0.3 is 14.3 Å². The first kappa shape index (κ1) is 21.4. The fraction of sp³-hybridized carbons (Fsp3) is 0.550. The van der Waals surface area contributed by atoms with Gasteiger partial charge in [-0.3, -0.25) is 4.79 Å². The van der Waals surface area contributed by atoms with Gasteiger partial charge in [-0.05, 0) is 38.2 Å². The van der Waals surface area contributed by atoms with E-state index in [1.165, 1.54) is 0 Å². The molecule has 7 heteroatoms. The lowest BCUT2D eigenvalue weighted by atomic mass is 10.1. The molecule has 0 aliphatic rings. The Morgan fingerprint density at radius 3 is 2.48 bits per heavy atom. The number of hydrogen-bond acceptors (Lipinski definition) is 5. The summed E-state index contributed by atoms with van der Waals surface area (Å²) in [4.78, 5) is 21.1. The van der Waals surface area contributed by atoms with Crippen molar-refractivity contribution in [3.63, 3.8) is 0 Å². The molecule has 27 heavy (non-hydrogen) atoms. The summed E-state index contributed by atoms with van der Waals surface area (Å²) in [6.45, 7) is 6.14. The van der Waals surface area contributed by atoms with Crippen molar-refractivity contribution in [1.29, 1.82) is 0 Å². The molecule has 2 aromatic rings. The molecule has 1 aromatic heterocycles. The predicted molar refractivity (Wildman–Crippen MR) is 107 cm³/mol. The Morgan fingerprint density at radius 2 is 1.89 bits per heavy atom. The second-order valence-electron chi connectivity index (χ2n) is 7.30. The van der Waals surface area contributed by atoms with Crippen molar-refractivity contribution in [2.75, 3.05) is 27.2 Å². The third kappa shape index (κ3) is 7.31. The first-order chi connectivity index (χ1) is 12.8. The van der Waals surface area contributed by atoms with E-state index in [-0.39, 0.29) is 11.8 Å². The summed E-state index contributed by atoms with van der Waals surface area (Å²) < 4.78 is 5.25. The van der Waals surface area contributed by atoms with E-state index in [1.54, 1.807) is 0 Å². The van der Waals surface area contributed by atoms with Crippen molar-refractivity contribution in [3.05, 3.63) is 46.6 Å². The van der Waals surface area contributed by atoms with Crippen molar-refractivity contribution in [2.24, 2.45) is 0 Å². The van der Waals surface area contributed by atoms with Gasteiger partial charge in [-0.1, -0.05) is 42.7 Å². The van der Waals surface area contributed by atoms with Crippen LogP contribution in [0.15, 0.2) is 28.8 Å². The first-order valence-electron chi connectivity index (χ1n) is 9.34. The van der Waals surface area contributed by atoms with Gasteiger partial charge in [0.25, 0.3) is 0 Å². The molecule has 1 heterocycles. The minimum atomic E-state index is 0.135. The van der Waals surface area contributed by atoms with Gasteiger partial charge in [-0.25, -0.2) is 0 Å². The summed E-state index contributed by atoms with van der Waals surface area (Å²) in [7, 11) is 4.01. The molecule has 0 aliphatic heterocycles. The highest BCUT2D eigenvalue weighted by Gasteiger charge is 2.15. The van der Waals surface area contributed by atoms with E-state index in [0.29, 0.717) is 49.1 Å². The number of carbonyl (C=O) groups excluding carboxylic acids is 1. The van der Waals surface area contributed by atoms with Crippen molar-refractivity contribution >= 4 is 17.5 Å². The number of hydrogen-bond donors (Lipinski definition) is 0. The van der Waals surface area contributed by atoms with Crippen molar-refractivity contribution in [3.8, 4) is 0 Å². The molecular weight excluding hydrogens is 364 g/mol. The lowest BCUT2D eigenvalue weighted by Gasteiger charge is -2.24. The Kier molecular flexibility index (Phi) is 8.25. The molecule has 0 fully saturated rings. The Labute approximate surface area is 166 Å². The maximum absolute atomic E-state index is 12.7. The summed E-state index contributed by atoms with van der Waals surface area (Å²) in [5.41, 5.74) is 1.07. The van der Waals surface area contributed by atoms with Crippen LogP contribution in [0.25, 0.3) is 0 Å². The molecule has 0 bridgehead atoms. The monoisotopic (exact) mass is 392 g/mol. The zero-order chi connectivity index (χ0) is 19.8. The molecule has 0 radical (unpaired) electrons. The van der Waals surface area contributed by atoms with E-state index in [2.05, 4.69) is 15.0 Å². The van der Waals surface area contributed by atoms with Crippen molar-refractivity contribution < 1.29 is 9.32 Å². The van der Waals surface area contributed by atoms with Gasteiger partial charge in [0.15, 0.2) is 5.82 Å². The highest BCUT2D eigenvalue weighted by molar-refractivity contribution is 6.30. The molecule has 0 saturated heterocycles. The topological polar surface area (TPSA) is 62.5 Å². The Morgan fingerprint density at radius 1 is 1.19 bits per heavy atom. The fourth-order valence-electron chi connectivity index (χ4n) is 2.58. The number of carbonyl (C=O) groups is 1. The summed E-state index contributed by atoms with van der Waals surface area (Å²) in [6, 6.07) is 7.63. The van der Waals surface area contributed by atoms with Gasteiger partial charge in [-0.2, -0.15) is 4.98 Å². The molecule has 6 nitrogen and oxygen atoms in total. The number of aryl methyl sites for hydroxylation is 1. The number of nitrogens with zero attached hydrogens (tertiary/aromatic N) is 4. The van der Waals surface area contributed by atoms with Gasteiger partial charge in [-0.15, -0.1) is 0 Å². The third-order valence-electron chi connectivity index (χ3n) is 4.24. The van der Waals surface area contributed by atoms with Gasteiger partial charge in [0.2, 0.25) is 11.8 Å². The SMILES string of the molecule is CC(C)c1noc(CCCC(=O)N(CCN(C)C)Cc2ccc(Cl)cc2)n1. The van der Waals surface area contributed by atoms with Crippen LogP contribution in [0.3, 0.4) is 0 Å². The minimum Gasteiger partial charge on any atom is -0.339 e. The van der Waals surface area contributed by atoms with Crippen molar-refractivity contribution in [1.82, 2.24) is 19.9 Å². The summed E-state index contributed by atoms with van der Waals surface area (Å²) in [5.74, 6) is 1.69. The predicted octanol–water partition coefficient (Wildman–Crippen LogP) is 3.76. The van der Waals surface area contributed by atoms with Gasteiger partial charge in [0, 0.05) is 43.4 Å². The fourth-order valence-corrected chi connectivity index (χ4v) is 2.70. The Balaban J connectivity index is 1.90. The van der Waals surface area contributed by atoms with E-state index >= 15 is 0 Å². The minimum absolute atomic E-state index is 0.135. The molecule has 1 aromatic carbocycles. The number of likely N-dealkylation sites (N-methyl/N-ethyl adjacent to an activating group) is 1. The van der Waals surface area contributed by atoms with E-state index in [0.717, 1.165) is 12.1 Å². The molecule has 0 unspecified atom stereocenters. The Bertz CT molecular complexity index is 713. The smallest absolute Gasteiger partial charge is 0.226 e. The molecule has 0 atom stereocenters. The van der Waals surface area contributed by atoms with E-state index in [4.69, 9.17) is 16.1 Å². The number of benzene rings is 1. The lowest BCUT2D eigenvalue weighted by molar-refractivity contribution is -0.132. The van der Waals surface area contributed by atoms with Crippen LogP contribution in [-0.4, -0.2) is 53.0 Å². The average Bonchev–Trinajstić information content (AvgIpc) is 3.09. The standard InChI is InChI=1S/C20H29ClN4O2/c1-15(2)20-22-18(27-23-20)6-5-7-19(26)25(13-12-24(3)4)14-16-8-10-17(21)11-9-16/h8-11,15H,5-7,12-14H2,1-4H3. The van der Waals surface area contributed by atoms with Gasteiger partial charge in [0.1, 0.15) is 0 Å². The molecule has 2 rings (SSSR count). The molecule has 0 saturated carbocycles. The first-order valence-corrected chi connectivity index (χ1v) is 9.72. The normalized spacial score (nSPS) is 11.4. The molecule has 148 valence electrons. The molecule has 0 spiro atoms. The zero-order valence-corrected chi connectivity index (χ0v) is 17.4. The van der Waals surface area contributed by atoms with Crippen LogP contribution in [-0.2, 0) is 17.8 Å². The molecule has 1 amide bonds. The number of halogens is 1. The van der Waals surface area contributed by atoms with E-state index in [1.807, 2.05) is 57.1 Å². The maximum atomic E-state index is 12.7.